The van der Waals surface area contributed by atoms with Gasteiger partial charge in [-0.15, -0.1) is 0 Å². The van der Waals surface area contributed by atoms with Gasteiger partial charge in [0.05, 0.1) is 19.0 Å². The maximum absolute atomic E-state index is 11.9. The van der Waals surface area contributed by atoms with Gasteiger partial charge in [-0.25, -0.2) is 0 Å². The second-order valence-electron chi connectivity index (χ2n) is 4.27. The van der Waals surface area contributed by atoms with E-state index in [2.05, 4.69) is 0 Å². The third kappa shape index (κ3) is 13.7. The van der Waals surface area contributed by atoms with E-state index in [0.29, 0.717) is 34.8 Å². The summed E-state index contributed by atoms with van der Waals surface area (Å²) in [5, 5.41) is -0.106. The fourth-order valence-electron chi connectivity index (χ4n) is 1.37. The van der Waals surface area contributed by atoms with E-state index in [1.54, 1.807) is 0 Å². The molecule has 132 valence electrons. The number of esters is 1. The molecule has 1 unspecified atom stereocenters. The van der Waals surface area contributed by atoms with Gasteiger partial charge in [0.25, 0.3) is 0 Å². The average molecular weight is 399 g/mol. The molecule has 0 aromatic carbocycles. The number of ketones is 1. The van der Waals surface area contributed by atoms with Crippen molar-refractivity contribution in [1.82, 2.24) is 0 Å². The van der Waals surface area contributed by atoms with Gasteiger partial charge in [0.15, 0.2) is 0 Å². The van der Waals surface area contributed by atoms with E-state index in [9.17, 15) is 9.59 Å². The first-order valence-electron chi connectivity index (χ1n) is 7.17. The van der Waals surface area contributed by atoms with Crippen molar-refractivity contribution < 1.29 is 23.8 Å². The molecular weight excluding hydrogens is 376 g/mol. The summed E-state index contributed by atoms with van der Waals surface area (Å²) in [6.45, 7) is 6.21. The molecule has 0 N–H and O–H groups in total. The van der Waals surface area contributed by atoms with Gasteiger partial charge in [0.2, 0.25) is 8.77 Å². The standard InChI is InChI=1S/C14H22O5S4/c1-4-17-13(20)22-9-11(16)6-7-12(8-19-10(3)15)23-14(21)18-5-2/h12H,4-9H2,1-3H3. The average Bonchev–Trinajstić information content (AvgIpc) is 2.48. The summed E-state index contributed by atoms with van der Waals surface area (Å²) in [5.74, 6) is -0.0191. The molecule has 5 nitrogen and oxygen atoms in total. The van der Waals surface area contributed by atoms with Crippen molar-refractivity contribution in [2.24, 2.45) is 0 Å². The molecule has 0 spiro atoms. The Bertz CT molecular complexity index is 414. The number of ether oxygens (including phenoxy) is 3. The lowest BCUT2D eigenvalue weighted by Crippen LogP contribution is -2.19. The summed E-state index contributed by atoms with van der Waals surface area (Å²) in [6.07, 6.45) is 0.904. The minimum absolute atomic E-state index is 0.0628. The maximum Gasteiger partial charge on any atom is 0.302 e. The van der Waals surface area contributed by atoms with E-state index in [1.807, 2.05) is 13.8 Å². The first-order chi connectivity index (χ1) is 10.9. The molecule has 0 aliphatic rings. The van der Waals surface area contributed by atoms with Crippen LogP contribution in [-0.2, 0) is 23.8 Å². The number of hydrogen-bond acceptors (Lipinski definition) is 9. The lowest BCUT2D eigenvalue weighted by molar-refractivity contribution is -0.140. The molecule has 1 atom stereocenters. The van der Waals surface area contributed by atoms with Gasteiger partial charge in [-0.3, -0.25) is 9.59 Å². The van der Waals surface area contributed by atoms with Crippen LogP contribution in [0.3, 0.4) is 0 Å². The number of carbonyl (C=O) groups is 2. The number of thioether (sulfide) groups is 2. The van der Waals surface area contributed by atoms with E-state index in [0.717, 1.165) is 0 Å². The fraction of sp³-hybridized carbons (Fsp3) is 0.714. The molecular formula is C14H22O5S4. The van der Waals surface area contributed by atoms with E-state index in [1.165, 1.54) is 30.4 Å². The van der Waals surface area contributed by atoms with Crippen LogP contribution < -0.4 is 0 Å². The molecule has 0 aromatic rings. The van der Waals surface area contributed by atoms with Gasteiger partial charge in [-0.05, 0) is 44.7 Å². The quantitative estimate of drug-likeness (QED) is 0.407. The molecule has 0 bridgehead atoms. The largest absolute Gasteiger partial charge is 0.479 e. The smallest absolute Gasteiger partial charge is 0.302 e. The molecule has 0 saturated carbocycles. The predicted octanol–water partition coefficient (Wildman–Crippen LogP) is 3.38. The van der Waals surface area contributed by atoms with Crippen LogP contribution in [0.15, 0.2) is 0 Å². The van der Waals surface area contributed by atoms with Crippen molar-refractivity contribution in [1.29, 1.82) is 0 Å². The van der Waals surface area contributed by atoms with Crippen LogP contribution in [0, 0.1) is 0 Å². The molecule has 0 aromatic heterocycles. The molecule has 0 saturated heterocycles. The molecule has 0 heterocycles. The predicted molar refractivity (Wildman–Crippen MR) is 103 cm³/mol. The Balaban J connectivity index is 4.24. The molecule has 9 heteroatoms. The fourth-order valence-corrected chi connectivity index (χ4v) is 3.64. The maximum atomic E-state index is 11.9. The van der Waals surface area contributed by atoms with Crippen LogP contribution in [0.5, 0.6) is 0 Å². The summed E-state index contributed by atoms with van der Waals surface area (Å²) >= 11 is 12.6. The number of Topliss-reactive ketones (excluding diaryl/α,β-unsaturated/α-hetero) is 1. The molecule has 23 heavy (non-hydrogen) atoms. The highest BCUT2D eigenvalue weighted by Crippen LogP contribution is 2.21. The van der Waals surface area contributed by atoms with E-state index in [4.69, 9.17) is 38.6 Å². The van der Waals surface area contributed by atoms with Crippen molar-refractivity contribution in [2.45, 2.75) is 38.9 Å². The second kappa shape index (κ2) is 14.0. The van der Waals surface area contributed by atoms with Crippen molar-refractivity contribution in [3.05, 3.63) is 0 Å². The first-order valence-corrected chi connectivity index (χ1v) is 9.85. The zero-order chi connectivity index (χ0) is 17.7. The van der Waals surface area contributed by atoms with Crippen molar-refractivity contribution in [2.75, 3.05) is 25.6 Å². The normalized spacial score (nSPS) is 11.4. The van der Waals surface area contributed by atoms with Gasteiger partial charge < -0.3 is 14.2 Å². The molecule has 0 rings (SSSR count). The number of carbonyl (C=O) groups excluding carboxylic acids is 2. The lowest BCUT2D eigenvalue weighted by Gasteiger charge is -2.16. The lowest BCUT2D eigenvalue weighted by atomic mass is 10.2. The van der Waals surface area contributed by atoms with Crippen molar-refractivity contribution in [3.63, 3.8) is 0 Å². The first kappa shape index (κ1) is 22.6. The van der Waals surface area contributed by atoms with Crippen LogP contribution in [0.25, 0.3) is 0 Å². The Morgan fingerprint density at radius 3 is 2.22 bits per heavy atom. The van der Waals surface area contributed by atoms with E-state index in [-0.39, 0.29) is 29.4 Å². The van der Waals surface area contributed by atoms with Gasteiger partial charge in [-0.2, -0.15) is 0 Å². The van der Waals surface area contributed by atoms with Crippen LogP contribution in [-0.4, -0.2) is 51.3 Å². The molecule has 0 aliphatic heterocycles. The Labute approximate surface area is 156 Å². The summed E-state index contributed by atoms with van der Waals surface area (Å²) in [5.41, 5.74) is 0. The van der Waals surface area contributed by atoms with Crippen LogP contribution in [0.2, 0.25) is 0 Å². The number of rotatable bonds is 10. The van der Waals surface area contributed by atoms with Crippen molar-refractivity contribution in [3.8, 4) is 0 Å². The zero-order valence-corrected chi connectivity index (χ0v) is 16.8. The summed E-state index contributed by atoms with van der Waals surface area (Å²) < 4.78 is 16.1. The minimum Gasteiger partial charge on any atom is -0.479 e. The Morgan fingerprint density at radius 1 is 1.04 bits per heavy atom. The Kier molecular flexibility index (Phi) is 13.8. The third-order valence-electron chi connectivity index (χ3n) is 2.36. The number of thiocarbonyl (C=S) groups is 2. The van der Waals surface area contributed by atoms with E-state index >= 15 is 0 Å². The SMILES string of the molecule is CCOC(=S)SCC(=O)CCC(COC(C)=O)SC(=S)OCC. The topological polar surface area (TPSA) is 61.8 Å². The Hall–Kier alpha value is -0.380. The van der Waals surface area contributed by atoms with Gasteiger partial charge in [-0.1, -0.05) is 23.5 Å². The summed E-state index contributed by atoms with van der Waals surface area (Å²) in [7, 11) is 0. The van der Waals surface area contributed by atoms with Crippen LogP contribution >= 0.6 is 48.0 Å². The van der Waals surface area contributed by atoms with E-state index < -0.39 is 0 Å². The third-order valence-corrected chi connectivity index (χ3v) is 5.07. The van der Waals surface area contributed by atoms with Crippen molar-refractivity contribution >= 4 is 68.5 Å². The molecule has 0 amide bonds. The molecule has 0 radical (unpaired) electrons. The second-order valence-corrected chi connectivity index (χ2v) is 7.75. The van der Waals surface area contributed by atoms with Crippen LogP contribution in [0.4, 0.5) is 0 Å². The van der Waals surface area contributed by atoms with Gasteiger partial charge in [0.1, 0.15) is 12.4 Å². The highest BCUT2D eigenvalue weighted by atomic mass is 32.2. The van der Waals surface area contributed by atoms with Crippen LogP contribution in [0.1, 0.15) is 33.6 Å². The van der Waals surface area contributed by atoms with Gasteiger partial charge in [0, 0.05) is 18.6 Å². The Morgan fingerprint density at radius 2 is 1.65 bits per heavy atom. The minimum atomic E-state index is -0.359. The monoisotopic (exact) mass is 398 g/mol. The molecule has 0 fully saturated rings. The highest BCUT2D eigenvalue weighted by molar-refractivity contribution is 8.23. The summed E-state index contributed by atoms with van der Waals surface area (Å²) in [4.78, 5) is 22.8. The van der Waals surface area contributed by atoms with Gasteiger partial charge >= 0.3 is 5.97 Å². The molecule has 0 aliphatic carbocycles. The zero-order valence-electron chi connectivity index (χ0n) is 13.5. The number of hydrogen-bond donors (Lipinski definition) is 0. The summed E-state index contributed by atoms with van der Waals surface area (Å²) in [6, 6.07) is 0. The highest BCUT2D eigenvalue weighted by Gasteiger charge is 2.17.